The number of nitrogens with zero attached hydrogens (tertiary/aromatic N) is 1. The third-order valence-electron chi connectivity index (χ3n) is 5.72. The Bertz CT molecular complexity index is 773. The van der Waals surface area contributed by atoms with Gasteiger partial charge in [0.1, 0.15) is 0 Å². The van der Waals surface area contributed by atoms with Crippen LogP contribution in [-0.2, 0) is 11.3 Å². The number of aryl methyl sites for hydroxylation is 1. The fourth-order valence-corrected chi connectivity index (χ4v) is 4.15. The SMILES string of the molecule is CCC[C@]1(C(=O)O)CCN(Cc2c(C)ccc3ccccc23)C[C@@H]1O. The summed E-state index contributed by atoms with van der Waals surface area (Å²) in [6.45, 7) is 5.94. The summed E-state index contributed by atoms with van der Waals surface area (Å²) in [6, 6.07) is 12.6. The van der Waals surface area contributed by atoms with Crippen molar-refractivity contribution in [2.24, 2.45) is 5.41 Å². The Morgan fingerprint density at radius 2 is 2.04 bits per heavy atom. The molecule has 1 fully saturated rings. The molecule has 25 heavy (non-hydrogen) atoms. The first-order valence-corrected chi connectivity index (χ1v) is 9.09. The normalized spacial score (nSPS) is 24.5. The molecule has 2 aromatic carbocycles. The van der Waals surface area contributed by atoms with Gasteiger partial charge in [0.15, 0.2) is 0 Å². The Labute approximate surface area is 149 Å². The van der Waals surface area contributed by atoms with E-state index in [4.69, 9.17) is 0 Å². The molecule has 2 N–H and O–H groups in total. The maximum absolute atomic E-state index is 11.8. The summed E-state index contributed by atoms with van der Waals surface area (Å²) in [7, 11) is 0. The second kappa shape index (κ2) is 7.14. The van der Waals surface area contributed by atoms with Gasteiger partial charge < -0.3 is 10.2 Å². The predicted octanol–water partition coefficient (Wildman–Crippen LogP) is 3.59. The van der Waals surface area contributed by atoms with Crippen molar-refractivity contribution in [3.05, 3.63) is 47.5 Å². The van der Waals surface area contributed by atoms with Crippen LogP contribution in [0.25, 0.3) is 10.8 Å². The lowest BCUT2D eigenvalue weighted by Gasteiger charge is -2.43. The summed E-state index contributed by atoms with van der Waals surface area (Å²) in [6.07, 6.45) is 0.978. The van der Waals surface area contributed by atoms with Gasteiger partial charge in [0.05, 0.1) is 11.5 Å². The topological polar surface area (TPSA) is 60.8 Å². The number of piperidine rings is 1. The highest BCUT2D eigenvalue weighted by Gasteiger charge is 2.47. The molecule has 3 rings (SSSR count). The number of rotatable bonds is 5. The number of fused-ring (bicyclic) bond motifs is 1. The fraction of sp³-hybridized carbons (Fsp3) is 0.476. The van der Waals surface area contributed by atoms with E-state index in [0.717, 1.165) is 13.0 Å². The van der Waals surface area contributed by atoms with Crippen LogP contribution in [0.15, 0.2) is 36.4 Å². The zero-order chi connectivity index (χ0) is 18.0. The molecule has 0 bridgehead atoms. The van der Waals surface area contributed by atoms with Crippen LogP contribution in [0.5, 0.6) is 0 Å². The molecule has 134 valence electrons. The quantitative estimate of drug-likeness (QED) is 0.872. The summed E-state index contributed by atoms with van der Waals surface area (Å²) < 4.78 is 0. The molecule has 2 atom stereocenters. The van der Waals surface area contributed by atoms with Gasteiger partial charge in [-0.3, -0.25) is 9.69 Å². The monoisotopic (exact) mass is 341 g/mol. The second-order valence-corrected chi connectivity index (χ2v) is 7.29. The molecule has 1 saturated heterocycles. The van der Waals surface area contributed by atoms with Crippen molar-refractivity contribution in [2.45, 2.75) is 45.8 Å². The molecule has 1 heterocycles. The molecule has 1 aliphatic rings. The predicted molar refractivity (Wildman–Crippen MR) is 99.6 cm³/mol. The van der Waals surface area contributed by atoms with Crippen molar-refractivity contribution in [3.63, 3.8) is 0 Å². The van der Waals surface area contributed by atoms with Gasteiger partial charge in [-0.25, -0.2) is 0 Å². The van der Waals surface area contributed by atoms with Crippen molar-refractivity contribution < 1.29 is 15.0 Å². The smallest absolute Gasteiger partial charge is 0.312 e. The van der Waals surface area contributed by atoms with E-state index in [9.17, 15) is 15.0 Å². The van der Waals surface area contributed by atoms with E-state index in [2.05, 4.69) is 36.1 Å². The Kier molecular flexibility index (Phi) is 5.11. The highest BCUT2D eigenvalue weighted by atomic mass is 16.4. The lowest BCUT2D eigenvalue weighted by Crippen LogP contribution is -2.54. The van der Waals surface area contributed by atoms with E-state index in [1.165, 1.54) is 21.9 Å². The average Bonchev–Trinajstić information content (AvgIpc) is 2.60. The van der Waals surface area contributed by atoms with Gasteiger partial charge in [-0.05, 0) is 48.2 Å². The summed E-state index contributed by atoms with van der Waals surface area (Å²) in [4.78, 5) is 14.0. The van der Waals surface area contributed by atoms with Crippen molar-refractivity contribution >= 4 is 16.7 Å². The largest absolute Gasteiger partial charge is 0.481 e. The summed E-state index contributed by atoms with van der Waals surface area (Å²) in [5, 5.41) is 22.8. The third-order valence-corrected chi connectivity index (χ3v) is 5.72. The van der Waals surface area contributed by atoms with Crippen LogP contribution in [-0.4, -0.2) is 40.3 Å². The highest BCUT2D eigenvalue weighted by molar-refractivity contribution is 5.86. The molecule has 0 amide bonds. The van der Waals surface area contributed by atoms with Crippen LogP contribution < -0.4 is 0 Å². The van der Waals surface area contributed by atoms with Gasteiger partial charge in [-0.15, -0.1) is 0 Å². The van der Waals surface area contributed by atoms with E-state index in [1.807, 2.05) is 19.1 Å². The van der Waals surface area contributed by atoms with Crippen LogP contribution in [0, 0.1) is 12.3 Å². The average molecular weight is 341 g/mol. The van der Waals surface area contributed by atoms with E-state index < -0.39 is 17.5 Å². The zero-order valence-electron chi connectivity index (χ0n) is 15.0. The van der Waals surface area contributed by atoms with Crippen LogP contribution in [0.2, 0.25) is 0 Å². The Morgan fingerprint density at radius 1 is 1.28 bits per heavy atom. The molecular formula is C21H27NO3. The standard InChI is InChI=1S/C21H27NO3/c1-3-10-21(20(24)25)11-12-22(14-19(21)23)13-18-15(2)8-9-16-6-4-5-7-17(16)18/h4-9,19,23H,3,10-14H2,1-2H3,(H,24,25)/t19-,21-/m0/s1. The minimum Gasteiger partial charge on any atom is -0.481 e. The Morgan fingerprint density at radius 3 is 2.72 bits per heavy atom. The second-order valence-electron chi connectivity index (χ2n) is 7.29. The lowest BCUT2D eigenvalue weighted by molar-refractivity contribution is -0.164. The molecular weight excluding hydrogens is 314 g/mol. The summed E-state index contributed by atoms with van der Waals surface area (Å²) in [5.74, 6) is -0.858. The molecule has 0 saturated carbocycles. The molecule has 0 aliphatic carbocycles. The zero-order valence-corrected chi connectivity index (χ0v) is 15.0. The number of carboxylic acids is 1. The van der Waals surface area contributed by atoms with Gasteiger partial charge in [-0.1, -0.05) is 49.7 Å². The fourth-order valence-electron chi connectivity index (χ4n) is 4.15. The van der Waals surface area contributed by atoms with Gasteiger partial charge >= 0.3 is 5.97 Å². The number of aliphatic hydroxyl groups is 1. The van der Waals surface area contributed by atoms with Crippen LogP contribution in [0.1, 0.15) is 37.3 Å². The number of β-amino-alcohol motifs (C(OH)–C–C–N with tert-alkyl or cyclic N) is 1. The lowest BCUT2D eigenvalue weighted by atomic mass is 9.72. The van der Waals surface area contributed by atoms with Crippen molar-refractivity contribution in [1.82, 2.24) is 4.90 Å². The molecule has 0 aromatic heterocycles. The van der Waals surface area contributed by atoms with Gasteiger partial charge in [0.25, 0.3) is 0 Å². The van der Waals surface area contributed by atoms with E-state index in [-0.39, 0.29) is 0 Å². The number of hydrogen-bond acceptors (Lipinski definition) is 3. The Hall–Kier alpha value is -1.91. The number of aliphatic hydroxyl groups excluding tert-OH is 1. The third kappa shape index (κ3) is 3.29. The van der Waals surface area contributed by atoms with E-state index >= 15 is 0 Å². The first-order chi connectivity index (χ1) is 12.0. The highest BCUT2D eigenvalue weighted by Crippen LogP contribution is 2.37. The number of carbonyl (C=O) groups is 1. The Balaban J connectivity index is 1.83. The molecule has 0 spiro atoms. The van der Waals surface area contributed by atoms with E-state index in [1.54, 1.807) is 0 Å². The number of hydrogen-bond donors (Lipinski definition) is 2. The molecule has 2 aromatic rings. The van der Waals surface area contributed by atoms with Crippen LogP contribution in [0.4, 0.5) is 0 Å². The van der Waals surface area contributed by atoms with Crippen molar-refractivity contribution in [1.29, 1.82) is 0 Å². The van der Waals surface area contributed by atoms with Gasteiger partial charge in [0.2, 0.25) is 0 Å². The van der Waals surface area contributed by atoms with E-state index in [0.29, 0.717) is 25.9 Å². The van der Waals surface area contributed by atoms with Crippen molar-refractivity contribution in [2.75, 3.05) is 13.1 Å². The summed E-state index contributed by atoms with van der Waals surface area (Å²) in [5.41, 5.74) is 1.51. The minimum atomic E-state index is -0.987. The molecule has 4 nitrogen and oxygen atoms in total. The first-order valence-electron chi connectivity index (χ1n) is 9.09. The summed E-state index contributed by atoms with van der Waals surface area (Å²) >= 11 is 0. The first kappa shape index (κ1) is 17.9. The maximum Gasteiger partial charge on any atom is 0.312 e. The van der Waals surface area contributed by atoms with Crippen molar-refractivity contribution in [3.8, 4) is 0 Å². The number of carboxylic acid groups (broad SMARTS) is 1. The number of likely N-dealkylation sites (tertiary alicyclic amines) is 1. The maximum atomic E-state index is 11.8. The van der Waals surface area contributed by atoms with Gasteiger partial charge in [-0.2, -0.15) is 0 Å². The molecule has 0 unspecified atom stereocenters. The number of benzene rings is 2. The van der Waals surface area contributed by atoms with Gasteiger partial charge in [0, 0.05) is 13.1 Å². The van der Waals surface area contributed by atoms with Crippen LogP contribution >= 0.6 is 0 Å². The minimum absolute atomic E-state index is 0.412. The molecule has 0 radical (unpaired) electrons. The molecule has 4 heteroatoms. The number of aliphatic carboxylic acids is 1. The van der Waals surface area contributed by atoms with Crippen LogP contribution in [0.3, 0.4) is 0 Å². The molecule has 1 aliphatic heterocycles.